The van der Waals surface area contributed by atoms with E-state index in [0.29, 0.717) is 19.4 Å². The van der Waals surface area contributed by atoms with Gasteiger partial charge in [0.15, 0.2) is 0 Å². The molecule has 0 saturated carbocycles. The Morgan fingerprint density at radius 2 is 2.19 bits per heavy atom. The van der Waals surface area contributed by atoms with Crippen molar-refractivity contribution in [1.82, 2.24) is 4.90 Å². The molecule has 1 fully saturated rings. The van der Waals surface area contributed by atoms with Gasteiger partial charge < -0.3 is 9.64 Å². The van der Waals surface area contributed by atoms with E-state index >= 15 is 0 Å². The van der Waals surface area contributed by atoms with Crippen LogP contribution in [0.4, 0.5) is 8.78 Å². The van der Waals surface area contributed by atoms with Crippen LogP contribution in [0.15, 0.2) is 0 Å². The quantitative estimate of drug-likeness (QED) is 0.687. The van der Waals surface area contributed by atoms with Crippen molar-refractivity contribution in [2.24, 2.45) is 5.92 Å². The maximum Gasteiger partial charge on any atom is 0.315 e. The third kappa shape index (κ3) is 3.15. The third-order valence-electron chi connectivity index (χ3n) is 2.54. The van der Waals surface area contributed by atoms with Crippen molar-refractivity contribution in [2.75, 3.05) is 19.7 Å². The van der Waals surface area contributed by atoms with Crippen LogP contribution in [0.2, 0.25) is 0 Å². The summed E-state index contributed by atoms with van der Waals surface area (Å²) < 4.78 is 29.2. The predicted molar refractivity (Wildman–Crippen MR) is 51.9 cm³/mol. The number of rotatable bonds is 3. The number of likely N-dealkylation sites (tertiary alicyclic amines) is 1. The number of alkyl halides is 2. The molecule has 0 aromatic rings. The smallest absolute Gasteiger partial charge is 0.315 e. The highest BCUT2D eigenvalue weighted by Gasteiger charge is 2.32. The van der Waals surface area contributed by atoms with E-state index in [2.05, 4.69) is 0 Å². The van der Waals surface area contributed by atoms with Gasteiger partial charge in [-0.2, -0.15) is 8.78 Å². The lowest BCUT2D eigenvalue weighted by atomic mass is 9.98. The molecule has 16 heavy (non-hydrogen) atoms. The number of ether oxygens (including phenoxy) is 1. The van der Waals surface area contributed by atoms with Crippen molar-refractivity contribution >= 4 is 11.9 Å². The van der Waals surface area contributed by atoms with E-state index in [1.165, 1.54) is 0 Å². The second-order valence-corrected chi connectivity index (χ2v) is 3.68. The number of carbonyl (C=O) groups is 2. The largest absolute Gasteiger partial charge is 0.466 e. The summed E-state index contributed by atoms with van der Waals surface area (Å²) in [7, 11) is 0. The van der Waals surface area contributed by atoms with Gasteiger partial charge in [-0.15, -0.1) is 0 Å². The molecule has 0 aromatic heterocycles. The van der Waals surface area contributed by atoms with E-state index in [9.17, 15) is 18.4 Å². The Bertz CT molecular complexity index is 271. The molecular weight excluding hydrogens is 220 g/mol. The Hall–Kier alpha value is -1.20. The summed E-state index contributed by atoms with van der Waals surface area (Å²) in [6, 6.07) is 0. The molecule has 0 N–H and O–H groups in total. The van der Waals surface area contributed by atoms with Gasteiger partial charge in [0.2, 0.25) is 0 Å². The number of hydrogen-bond acceptors (Lipinski definition) is 3. The number of hydrogen-bond donors (Lipinski definition) is 0. The summed E-state index contributed by atoms with van der Waals surface area (Å²) in [6.07, 6.45) is -1.85. The van der Waals surface area contributed by atoms with E-state index in [4.69, 9.17) is 4.74 Å². The highest BCUT2D eigenvalue weighted by atomic mass is 19.3. The Labute approximate surface area is 92.5 Å². The molecule has 1 saturated heterocycles. The monoisotopic (exact) mass is 235 g/mol. The fraction of sp³-hybridized carbons (Fsp3) is 0.800. The van der Waals surface area contributed by atoms with Crippen LogP contribution in [-0.4, -0.2) is 42.9 Å². The van der Waals surface area contributed by atoms with Crippen molar-refractivity contribution < 1.29 is 23.1 Å². The zero-order valence-corrected chi connectivity index (χ0v) is 9.12. The van der Waals surface area contributed by atoms with Gasteiger partial charge in [0, 0.05) is 13.1 Å². The summed E-state index contributed by atoms with van der Waals surface area (Å²) in [5.41, 5.74) is 0. The number of amides is 1. The number of nitrogens with zero attached hydrogens (tertiary/aromatic N) is 1. The van der Waals surface area contributed by atoms with E-state index in [-0.39, 0.29) is 13.2 Å². The summed E-state index contributed by atoms with van der Waals surface area (Å²) in [5.74, 6) is -2.07. The maximum absolute atomic E-state index is 12.2. The molecule has 1 aliphatic heterocycles. The fourth-order valence-electron chi connectivity index (χ4n) is 1.77. The van der Waals surface area contributed by atoms with E-state index in [1.807, 2.05) is 0 Å². The van der Waals surface area contributed by atoms with Crippen molar-refractivity contribution in [3.8, 4) is 0 Å². The zero-order chi connectivity index (χ0) is 12.1. The SMILES string of the molecule is CCOC(=O)C1CCCN(C(=O)C(F)F)C1. The summed E-state index contributed by atoms with van der Waals surface area (Å²) in [6.45, 7) is 2.28. The van der Waals surface area contributed by atoms with E-state index < -0.39 is 24.2 Å². The lowest BCUT2D eigenvalue weighted by Gasteiger charge is -2.31. The van der Waals surface area contributed by atoms with Crippen molar-refractivity contribution in [2.45, 2.75) is 26.2 Å². The molecule has 1 heterocycles. The Morgan fingerprint density at radius 1 is 1.50 bits per heavy atom. The Kier molecular flexibility index (Phi) is 4.64. The molecule has 1 unspecified atom stereocenters. The molecule has 0 aromatic carbocycles. The van der Waals surface area contributed by atoms with Crippen LogP contribution in [-0.2, 0) is 14.3 Å². The van der Waals surface area contributed by atoms with Gasteiger partial charge in [0.25, 0.3) is 5.91 Å². The molecular formula is C10H15F2NO3. The molecule has 1 atom stereocenters. The van der Waals surface area contributed by atoms with Crippen molar-refractivity contribution in [3.63, 3.8) is 0 Å². The number of piperidine rings is 1. The van der Waals surface area contributed by atoms with Crippen LogP contribution < -0.4 is 0 Å². The lowest BCUT2D eigenvalue weighted by Crippen LogP contribution is -2.45. The molecule has 4 nitrogen and oxygen atoms in total. The molecule has 0 aliphatic carbocycles. The molecule has 6 heteroatoms. The molecule has 0 radical (unpaired) electrons. The average molecular weight is 235 g/mol. The minimum Gasteiger partial charge on any atom is -0.466 e. The Morgan fingerprint density at radius 3 is 2.75 bits per heavy atom. The van der Waals surface area contributed by atoms with Gasteiger partial charge in [-0.3, -0.25) is 9.59 Å². The first-order chi connectivity index (χ1) is 7.56. The van der Waals surface area contributed by atoms with Crippen molar-refractivity contribution in [3.05, 3.63) is 0 Å². The lowest BCUT2D eigenvalue weighted by molar-refractivity contribution is -0.153. The van der Waals surface area contributed by atoms with E-state index in [1.54, 1.807) is 6.92 Å². The molecule has 92 valence electrons. The maximum atomic E-state index is 12.2. The zero-order valence-electron chi connectivity index (χ0n) is 9.12. The number of halogens is 2. The standard InChI is InChI=1S/C10H15F2NO3/c1-2-16-10(15)7-4-3-5-13(6-7)9(14)8(11)12/h7-8H,2-6H2,1H3. The molecule has 1 rings (SSSR count). The Balaban J connectivity index is 2.53. The highest BCUT2D eigenvalue weighted by molar-refractivity contribution is 5.80. The highest BCUT2D eigenvalue weighted by Crippen LogP contribution is 2.19. The first-order valence-electron chi connectivity index (χ1n) is 5.29. The predicted octanol–water partition coefficient (Wildman–Crippen LogP) is 1.05. The molecule has 0 spiro atoms. The fourth-order valence-corrected chi connectivity index (χ4v) is 1.77. The summed E-state index contributed by atoms with van der Waals surface area (Å²) in [5, 5.41) is 0. The summed E-state index contributed by atoms with van der Waals surface area (Å²) >= 11 is 0. The first-order valence-corrected chi connectivity index (χ1v) is 5.29. The number of carbonyl (C=O) groups excluding carboxylic acids is 2. The van der Waals surface area contributed by atoms with Crippen LogP contribution in [0.3, 0.4) is 0 Å². The van der Waals surface area contributed by atoms with Gasteiger partial charge in [-0.1, -0.05) is 0 Å². The molecule has 0 bridgehead atoms. The molecule has 1 amide bonds. The minimum atomic E-state index is -3.00. The van der Waals surface area contributed by atoms with Crippen LogP contribution >= 0.6 is 0 Å². The summed E-state index contributed by atoms with van der Waals surface area (Å²) in [4.78, 5) is 23.5. The van der Waals surface area contributed by atoms with E-state index in [0.717, 1.165) is 4.90 Å². The number of esters is 1. The van der Waals surface area contributed by atoms with Crippen molar-refractivity contribution in [1.29, 1.82) is 0 Å². The van der Waals surface area contributed by atoms with Gasteiger partial charge in [0.05, 0.1) is 12.5 Å². The first kappa shape index (κ1) is 12.9. The third-order valence-corrected chi connectivity index (χ3v) is 2.54. The van der Waals surface area contributed by atoms with Crippen LogP contribution in [0.5, 0.6) is 0 Å². The van der Waals surface area contributed by atoms with Crippen LogP contribution in [0.25, 0.3) is 0 Å². The average Bonchev–Trinajstić information content (AvgIpc) is 2.28. The normalized spacial score (nSPS) is 21.0. The molecule has 1 aliphatic rings. The minimum absolute atomic E-state index is 0.0437. The topological polar surface area (TPSA) is 46.6 Å². The second-order valence-electron chi connectivity index (χ2n) is 3.68. The van der Waals surface area contributed by atoms with Crippen LogP contribution in [0.1, 0.15) is 19.8 Å². The van der Waals surface area contributed by atoms with Gasteiger partial charge >= 0.3 is 12.4 Å². The van der Waals surface area contributed by atoms with Gasteiger partial charge in [-0.25, -0.2) is 0 Å². The van der Waals surface area contributed by atoms with Crippen LogP contribution in [0, 0.1) is 5.92 Å². The van der Waals surface area contributed by atoms with Gasteiger partial charge in [0.1, 0.15) is 0 Å². The second kappa shape index (κ2) is 5.77. The van der Waals surface area contributed by atoms with Gasteiger partial charge in [-0.05, 0) is 19.8 Å².